The molecule has 0 bridgehead atoms. The molecule has 0 fully saturated rings. The number of aryl methyl sites for hydroxylation is 4. The molecule has 0 saturated carbocycles. The number of hydrogen-bond donors (Lipinski definition) is 2. The van der Waals surface area contributed by atoms with Crippen LogP contribution in [0.25, 0.3) is 0 Å². The molecule has 0 amide bonds. The van der Waals surface area contributed by atoms with E-state index < -0.39 is 0 Å². The molecule has 10 heteroatoms. The maximum atomic E-state index is 5.85. The van der Waals surface area contributed by atoms with Crippen molar-refractivity contribution in [2.45, 2.75) is 40.8 Å². The number of rotatable bonds is 4. The molecule has 0 aliphatic carbocycles. The summed E-state index contributed by atoms with van der Waals surface area (Å²) in [5.74, 6) is 2.53. The summed E-state index contributed by atoms with van der Waals surface area (Å²) in [5.41, 5.74) is 16.0. The highest BCUT2D eigenvalue weighted by molar-refractivity contribution is 5.85. The average molecular weight is 502 g/mol. The highest BCUT2D eigenvalue weighted by Crippen LogP contribution is 2.07. The number of nitrogens with zero attached hydrogens (tertiary/aromatic N) is 6. The standard InChI is InChI=1S/2C12H15N4.2ClH/c2*1-9-5-3-4-6-16(9)8-11-7-14-10(2)15-12(11)13;;/h2*3-7H,8H2,1-2H3,(H2,13,14,15);2*1H/q2*+1;;/p-1. The number of pyridine rings is 2. The van der Waals surface area contributed by atoms with Crippen LogP contribution in [0.4, 0.5) is 11.6 Å². The molecule has 8 nitrogen and oxygen atoms in total. The lowest BCUT2D eigenvalue weighted by Gasteiger charge is -2.03. The first-order valence-corrected chi connectivity index (χ1v) is 10.4. The van der Waals surface area contributed by atoms with E-state index in [0.29, 0.717) is 36.4 Å². The van der Waals surface area contributed by atoms with Crippen molar-refractivity contribution in [1.82, 2.24) is 19.9 Å². The quantitative estimate of drug-likeness (QED) is 0.363. The Labute approximate surface area is 213 Å². The van der Waals surface area contributed by atoms with Crippen LogP contribution in [0.3, 0.4) is 0 Å². The van der Waals surface area contributed by atoms with Gasteiger partial charge in [0.1, 0.15) is 23.3 Å². The molecule has 4 aromatic heterocycles. The van der Waals surface area contributed by atoms with Crippen molar-refractivity contribution < 1.29 is 21.5 Å². The number of anilines is 2. The zero-order valence-corrected chi connectivity index (χ0v) is 21.4. The van der Waals surface area contributed by atoms with Gasteiger partial charge in [0.2, 0.25) is 0 Å². The summed E-state index contributed by atoms with van der Waals surface area (Å²) in [6.45, 7) is 9.20. The molecular weight excluding hydrogens is 471 g/mol. The first-order chi connectivity index (χ1) is 15.3. The molecule has 0 aliphatic rings. The van der Waals surface area contributed by atoms with Crippen molar-refractivity contribution in [1.29, 1.82) is 0 Å². The van der Waals surface area contributed by atoms with Gasteiger partial charge in [0.15, 0.2) is 36.9 Å². The molecule has 4 heterocycles. The van der Waals surface area contributed by atoms with E-state index in [0.717, 1.165) is 11.1 Å². The Hall–Kier alpha value is -3.36. The minimum atomic E-state index is 0. The zero-order chi connectivity index (χ0) is 23.1. The van der Waals surface area contributed by atoms with Gasteiger partial charge < -0.3 is 23.9 Å². The Bertz CT molecular complexity index is 1120. The maximum Gasteiger partial charge on any atom is 0.179 e. The Kier molecular flexibility index (Phi) is 11.3. The molecule has 0 spiro atoms. The van der Waals surface area contributed by atoms with Gasteiger partial charge in [-0.1, -0.05) is 12.1 Å². The van der Waals surface area contributed by atoms with E-state index >= 15 is 0 Å². The summed E-state index contributed by atoms with van der Waals surface area (Å²) in [7, 11) is 0. The van der Waals surface area contributed by atoms with Crippen molar-refractivity contribution >= 4 is 24.0 Å². The molecule has 4 rings (SSSR count). The average Bonchev–Trinajstić information content (AvgIpc) is 2.75. The van der Waals surface area contributed by atoms with Crippen molar-refractivity contribution in [3.05, 3.63) is 95.3 Å². The molecule has 4 aromatic rings. The fourth-order valence-electron chi connectivity index (χ4n) is 3.11. The Morgan fingerprint density at radius 1 is 0.676 bits per heavy atom. The SMILES string of the molecule is Cc1ncc(C[n+]2ccccc2C)c(N)n1.Cc1ncc(C[n+]2ccccc2C)c(N)n1.Cl.[Cl-]. The van der Waals surface area contributed by atoms with E-state index in [4.69, 9.17) is 11.5 Å². The van der Waals surface area contributed by atoms with Gasteiger partial charge in [-0.2, -0.15) is 9.13 Å². The summed E-state index contributed by atoms with van der Waals surface area (Å²) < 4.78 is 4.23. The van der Waals surface area contributed by atoms with Gasteiger partial charge in [-0.05, 0) is 13.8 Å². The predicted molar refractivity (Wildman–Crippen MR) is 131 cm³/mol. The minimum Gasteiger partial charge on any atom is -1.00 e. The van der Waals surface area contributed by atoms with Crippen molar-refractivity contribution in [2.75, 3.05) is 11.5 Å². The molecule has 4 N–H and O–H groups in total. The third kappa shape index (κ3) is 7.90. The number of hydrogen-bond acceptors (Lipinski definition) is 6. The van der Waals surface area contributed by atoms with Crippen LogP contribution in [-0.4, -0.2) is 19.9 Å². The molecular formula is C24H31Cl2N8+. The van der Waals surface area contributed by atoms with E-state index in [-0.39, 0.29) is 24.8 Å². The van der Waals surface area contributed by atoms with Crippen molar-refractivity contribution in [3.8, 4) is 0 Å². The van der Waals surface area contributed by atoms with Crippen molar-refractivity contribution in [2.24, 2.45) is 0 Å². The third-order valence-corrected chi connectivity index (χ3v) is 5.05. The Morgan fingerprint density at radius 3 is 1.38 bits per heavy atom. The highest BCUT2D eigenvalue weighted by Gasteiger charge is 2.11. The van der Waals surface area contributed by atoms with Gasteiger partial charge in [-0.3, -0.25) is 0 Å². The van der Waals surface area contributed by atoms with E-state index in [9.17, 15) is 0 Å². The third-order valence-electron chi connectivity index (χ3n) is 5.05. The number of aromatic nitrogens is 6. The fourth-order valence-corrected chi connectivity index (χ4v) is 3.11. The van der Waals surface area contributed by atoms with E-state index in [1.807, 2.05) is 50.5 Å². The fraction of sp³-hybridized carbons (Fsp3) is 0.250. The molecule has 0 radical (unpaired) electrons. The van der Waals surface area contributed by atoms with Gasteiger partial charge >= 0.3 is 0 Å². The summed E-state index contributed by atoms with van der Waals surface area (Å²) in [4.78, 5) is 16.6. The van der Waals surface area contributed by atoms with Crippen LogP contribution < -0.4 is 33.0 Å². The normalized spacial score (nSPS) is 9.76. The van der Waals surface area contributed by atoms with E-state index in [1.165, 1.54) is 11.4 Å². The molecule has 0 aromatic carbocycles. The lowest BCUT2D eigenvalue weighted by atomic mass is 10.2. The largest absolute Gasteiger partial charge is 1.00 e. The topological polar surface area (TPSA) is 111 Å². The maximum absolute atomic E-state index is 5.85. The Balaban J connectivity index is 0.000000321. The van der Waals surface area contributed by atoms with Gasteiger partial charge in [-0.25, -0.2) is 19.9 Å². The van der Waals surface area contributed by atoms with Crippen molar-refractivity contribution in [3.63, 3.8) is 0 Å². The molecule has 0 aliphatic heterocycles. The predicted octanol–water partition coefficient (Wildman–Crippen LogP) is -0.551. The molecule has 0 unspecified atom stereocenters. The van der Waals surface area contributed by atoms with Gasteiger partial charge in [0.25, 0.3) is 0 Å². The lowest BCUT2D eigenvalue weighted by Crippen LogP contribution is -3.00. The van der Waals surface area contributed by atoms with Crippen LogP contribution in [0.5, 0.6) is 0 Å². The summed E-state index contributed by atoms with van der Waals surface area (Å²) in [5, 5.41) is 0. The summed E-state index contributed by atoms with van der Waals surface area (Å²) in [6.07, 6.45) is 7.62. The van der Waals surface area contributed by atoms with Gasteiger partial charge in [0, 0.05) is 50.5 Å². The van der Waals surface area contributed by atoms with E-state index in [1.54, 1.807) is 12.4 Å². The Morgan fingerprint density at radius 2 is 1.06 bits per heavy atom. The first kappa shape index (κ1) is 28.7. The molecule has 0 atom stereocenters. The van der Waals surface area contributed by atoms with Gasteiger partial charge in [0.05, 0.1) is 11.1 Å². The first-order valence-electron chi connectivity index (χ1n) is 10.4. The van der Waals surface area contributed by atoms with Crippen LogP contribution in [0, 0.1) is 27.7 Å². The molecule has 180 valence electrons. The van der Waals surface area contributed by atoms with Crippen LogP contribution in [0.2, 0.25) is 0 Å². The second-order valence-corrected chi connectivity index (χ2v) is 7.60. The molecule has 0 saturated heterocycles. The van der Waals surface area contributed by atoms with Gasteiger partial charge in [-0.15, -0.1) is 12.4 Å². The number of halogens is 2. The lowest BCUT2D eigenvalue weighted by molar-refractivity contribution is -0.694. The number of nitrogens with two attached hydrogens (primary N) is 2. The van der Waals surface area contributed by atoms with Crippen LogP contribution in [0.1, 0.15) is 34.2 Å². The van der Waals surface area contributed by atoms with Crippen LogP contribution in [-0.2, 0) is 13.1 Å². The smallest absolute Gasteiger partial charge is 0.179 e. The number of nitrogen functional groups attached to an aromatic ring is 2. The second kappa shape index (κ2) is 13.4. The van der Waals surface area contributed by atoms with E-state index in [2.05, 4.69) is 55.1 Å². The molecule has 34 heavy (non-hydrogen) atoms. The van der Waals surface area contributed by atoms with Crippen LogP contribution >= 0.6 is 12.4 Å². The zero-order valence-electron chi connectivity index (χ0n) is 19.8. The van der Waals surface area contributed by atoms with Crippen LogP contribution in [0.15, 0.2) is 61.2 Å². The summed E-state index contributed by atoms with van der Waals surface area (Å²) >= 11 is 0. The highest BCUT2D eigenvalue weighted by atomic mass is 35.5. The minimum absolute atomic E-state index is 0. The summed E-state index contributed by atoms with van der Waals surface area (Å²) in [6, 6.07) is 12.1. The monoisotopic (exact) mass is 501 g/mol. The second-order valence-electron chi connectivity index (χ2n) is 7.60.